The van der Waals surface area contributed by atoms with Crippen LogP contribution in [-0.4, -0.2) is 29.8 Å². The van der Waals surface area contributed by atoms with Crippen LogP contribution in [0.15, 0.2) is 24.3 Å². The molecule has 0 saturated carbocycles. The maximum absolute atomic E-state index is 8.69. The summed E-state index contributed by atoms with van der Waals surface area (Å²) in [7, 11) is 0. The molecule has 0 bridgehead atoms. The summed E-state index contributed by atoms with van der Waals surface area (Å²) in [5.41, 5.74) is 7.15. The first-order chi connectivity index (χ1) is 8.27. The number of nitrogens with two attached hydrogens (primary N) is 1. The molecule has 17 heavy (non-hydrogen) atoms. The van der Waals surface area contributed by atoms with Crippen LogP contribution >= 0.6 is 11.8 Å². The van der Waals surface area contributed by atoms with Gasteiger partial charge in [-0.2, -0.15) is 11.8 Å². The standard InChI is InChI=1S/C13H21NO2S/c1-2-8-16-12-5-3-11(4-6-12)13(14)10-17-9-7-15/h3-6,13,15H,2,7-10,14H2,1H3. The molecule has 1 atom stereocenters. The van der Waals surface area contributed by atoms with Crippen LogP contribution in [0.25, 0.3) is 0 Å². The van der Waals surface area contributed by atoms with E-state index in [1.165, 1.54) is 0 Å². The van der Waals surface area contributed by atoms with Crippen molar-refractivity contribution in [1.29, 1.82) is 0 Å². The first-order valence-corrected chi connectivity index (χ1v) is 7.10. The van der Waals surface area contributed by atoms with Crippen LogP contribution in [0.1, 0.15) is 24.9 Å². The zero-order chi connectivity index (χ0) is 12.5. The van der Waals surface area contributed by atoms with Gasteiger partial charge in [0.05, 0.1) is 13.2 Å². The van der Waals surface area contributed by atoms with E-state index in [1.54, 1.807) is 11.8 Å². The summed E-state index contributed by atoms with van der Waals surface area (Å²) in [6.45, 7) is 3.04. The third kappa shape index (κ3) is 5.44. The highest BCUT2D eigenvalue weighted by molar-refractivity contribution is 7.99. The molecule has 3 N–H and O–H groups in total. The maximum atomic E-state index is 8.69. The Balaban J connectivity index is 2.43. The second-order valence-corrected chi connectivity index (χ2v) is 4.97. The van der Waals surface area contributed by atoms with Crippen molar-refractivity contribution in [1.82, 2.24) is 0 Å². The van der Waals surface area contributed by atoms with E-state index in [2.05, 4.69) is 6.92 Å². The Morgan fingerprint density at radius 2 is 2.06 bits per heavy atom. The predicted molar refractivity (Wildman–Crippen MR) is 73.6 cm³/mol. The third-order valence-electron chi connectivity index (χ3n) is 2.31. The van der Waals surface area contributed by atoms with Gasteiger partial charge in [0, 0.05) is 17.5 Å². The van der Waals surface area contributed by atoms with Crippen molar-refractivity contribution in [3.05, 3.63) is 29.8 Å². The van der Waals surface area contributed by atoms with Gasteiger partial charge in [-0.25, -0.2) is 0 Å². The lowest BCUT2D eigenvalue weighted by atomic mass is 10.1. The van der Waals surface area contributed by atoms with Crippen molar-refractivity contribution in [2.75, 3.05) is 24.7 Å². The van der Waals surface area contributed by atoms with Crippen molar-refractivity contribution in [3.63, 3.8) is 0 Å². The van der Waals surface area contributed by atoms with Gasteiger partial charge in [-0.05, 0) is 24.1 Å². The number of aliphatic hydroxyl groups excluding tert-OH is 1. The fourth-order valence-electron chi connectivity index (χ4n) is 1.40. The zero-order valence-electron chi connectivity index (χ0n) is 10.3. The van der Waals surface area contributed by atoms with Gasteiger partial charge in [0.25, 0.3) is 0 Å². The molecule has 0 aliphatic rings. The van der Waals surface area contributed by atoms with Crippen molar-refractivity contribution >= 4 is 11.8 Å². The minimum absolute atomic E-state index is 0.0202. The predicted octanol–water partition coefficient (Wildman–Crippen LogP) is 2.20. The summed E-state index contributed by atoms with van der Waals surface area (Å²) in [4.78, 5) is 0. The molecule has 0 radical (unpaired) electrons. The molecule has 0 spiro atoms. The second kappa shape index (κ2) is 8.39. The largest absolute Gasteiger partial charge is 0.494 e. The molecule has 0 fully saturated rings. The monoisotopic (exact) mass is 255 g/mol. The molecule has 0 aliphatic heterocycles. The Hall–Kier alpha value is -0.710. The van der Waals surface area contributed by atoms with Crippen LogP contribution in [0.4, 0.5) is 0 Å². The van der Waals surface area contributed by atoms with E-state index in [0.29, 0.717) is 0 Å². The lowest BCUT2D eigenvalue weighted by Gasteiger charge is -2.12. The lowest BCUT2D eigenvalue weighted by Crippen LogP contribution is -2.13. The summed E-state index contributed by atoms with van der Waals surface area (Å²) >= 11 is 1.67. The van der Waals surface area contributed by atoms with Crippen LogP contribution in [-0.2, 0) is 0 Å². The van der Waals surface area contributed by atoms with E-state index in [-0.39, 0.29) is 12.6 Å². The van der Waals surface area contributed by atoms with Crippen LogP contribution < -0.4 is 10.5 Å². The van der Waals surface area contributed by atoms with Crippen molar-refractivity contribution in [3.8, 4) is 5.75 Å². The molecule has 1 aromatic carbocycles. The second-order valence-electron chi connectivity index (χ2n) is 3.82. The molecule has 1 unspecified atom stereocenters. The van der Waals surface area contributed by atoms with Crippen LogP contribution in [0.2, 0.25) is 0 Å². The Kier molecular flexibility index (Phi) is 7.08. The van der Waals surface area contributed by atoms with Crippen molar-refractivity contribution in [2.24, 2.45) is 5.73 Å². The molecule has 0 aliphatic carbocycles. The highest BCUT2D eigenvalue weighted by atomic mass is 32.2. The Morgan fingerprint density at radius 3 is 2.65 bits per heavy atom. The van der Waals surface area contributed by atoms with Crippen molar-refractivity contribution in [2.45, 2.75) is 19.4 Å². The molecule has 0 heterocycles. The number of thioether (sulfide) groups is 1. The number of ether oxygens (including phenoxy) is 1. The van der Waals surface area contributed by atoms with Gasteiger partial charge in [0.1, 0.15) is 5.75 Å². The Morgan fingerprint density at radius 1 is 1.35 bits per heavy atom. The number of hydrogen-bond acceptors (Lipinski definition) is 4. The molecule has 1 aromatic rings. The average molecular weight is 255 g/mol. The Labute approximate surface area is 107 Å². The number of hydrogen-bond donors (Lipinski definition) is 2. The maximum Gasteiger partial charge on any atom is 0.119 e. The minimum Gasteiger partial charge on any atom is -0.494 e. The quantitative estimate of drug-likeness (QED) is 0.699. The van der Waals surface area contributed by atoms with E-state index in [1.807, 2.05) is 24.3 Å². The van der Waals surface area contributed by atoms with Gasteiger partial charge in [-0.1, -0.05) is 19.1 Å². The number of benzene rings is 1. The molecule has 3 nitrogen and oxygen atoms in total. The first kappa shape index (κ1) is 14.4. The van der Waals surface area contributed by atoms with Gasteiger partial charge in [0.2, 0.25) is 0 Å². The molecule has 0 amide bonds. The highest BCUT2D eigenvalue weighted by Gasteiger charge is 2.05. The zero-order valence-corrected chi connectivity index (χ0v) is 11.1. The van der Waals surface area contributed by atoms with E-state index in [9.17, 15) is 0 Å². The van der Waals surface area contributed by atoms with E-state index in [4.69, 9.17) is 15.6 Å². The van der Waals surface area contributed by atoms with Crippen LogP contribution in [0, 0.1) is 0 Å². The molecular weight excluding hydrogens is 234 g/mol. The van der Waals surface area contributed by atoms with Gasteiger partial charge >= 0.3 is 0 Å². The van der Waals surface area contributed by atoms with Gasteiger partial charge in [0.15, 0.2) is 0 Å². The fourth-order valence-corrected chi connectivity index (χ4v) is 2.14. The SMILES string of the molecule is CCCOc1ccc(C(N)CSCCO)cc1. The number of aliphatic hydroxyl groups is 1. The van der Waals surface area contributed by atoms with E-state index < -0.39 is 0 Å². The van der Waals surface area contributed by atoms with Crippen LogP contribution in [0.3, 0.4) is 0 Å². The summed E-state index contributed by atoms with van der Waals surface area (Å²) in [6, 6.07) is 7.96. The summed E-state index contributed by atoms with van der Waals surface area (Å²) < 4.78 is 5.51. The Bertz CT molecular complexity index is 303. The lowest BCUT2D eigenvalue weighted by molar-refractivity contribution is 0.317. The van der Waals surface area contributed by atoms with Crippen LogP contribution in [0.5, 0.6) is 5.75 Å². The number of rotatable bonds is 8. The van der Waals surface area contributed by atoms with Crippen molar-refractivity contribution < 1.29 is 9.84 Å². The molecule has 4 heteroatoms. The fraction of sp³-hybridized carbons (Fsp3) is 0.538. The van der Waals surface area contributed by atoms with Gasteiger partial charge < -0.3 is 15.6 Å². The summed E-state index contributed by atoms with van der Waals surface area (Å²) in [5.74, 6) is 2.46. The highest BCUT2D eigenvalue weighted by Crippen LogP contribution is 2.19. The molecule has 0 saturated heterocycles. The van der Waals surface area contributed by atoms with E-state index in [0.717, 1.165) is 35.8 Å². The smallest absolute Gasteiger partial charge is 0.119 e. The first-order valence-electron chi connectivity index (χ1n) is 5.95. The normalized spacial score (nSPS) is 12.4. The molecule has 96 valence electrons. The third-order valence-corrected chi connectivity index (χ3v) is 3.38. The minimum atomic E-state index is 0.0202. The molecule has 0 aromatic heterocycles. The topological polar surface area (TPSA) is 55.5 Å². The van der Waals surface area contributed by atoms with Gasteiger partial charge in [-0.15, -0.1) is 0 Å². The summed E-state index contributed by atoms with van der Waals surface area (Å²) in [6.07, 6.45) is 1.01. The summed E-state index contributed by atoms with van der Waals surface area (Å²) in [5, 5.41) is 8.69. The molecular formula is C13H21NO2S. The van der Waals surface area contributed by atoms with E-state index >= 15 is 0 Å². The van der Waals surface area contributed by atoms with Gasteiger partial charge in [-0.3, -0.25) is 0 Å². The average Bonchev–Trinajstić information content (AvgIpc) is 2.37. The molecule has 1 rings (SSSR count).